The van der Waals surface area contributed by atoms with Crippen molar-refractivity contribution >= 4 is 11.9 Å². The molecule has 0 amide bonds. The fourth-order valence-electron chi connectivity index (χ4n) is 0.613. The first-order valence-electron chi connectivity index (χ1n) is 3.81. The minimum Gasteiger partial charge on any atom is -0.481 e. The van der Waals surface area contributed by atoms with Crippen molar-refractivity contribution in [3.8, 4) is 0 Å². The zero-order valence-electron chi connectivity index (χ0n) is 7.36. The highest BCUT2D eigenvalue weighted by Gasteiger charge is 1.96. The largest absolute Gasteiger partial charge is 0.481 e. The second-order valence-corrected chi connectivity index (χ2v) is 2.50. The molecule has 0 rings (SSSR count). The van der Waals surface area contributed by atoms with E-state index in [4.69, 9.17) is 10.2 Å². The number of hydrogen-bond donors (Lipinski definition) is 2. The molecule has 4 nitrogen and oxygen atoms in total. The van der Waals surface area contributed by atoms with Crippen LogP contribution >= 0.6 is 0 Å². The van der Waals surface area contributed by atoms with Crippen LogP contribution in [0.1, 0.15) is 19.8 Å². The zero-order valence-corrected chi connectivity index (χ0v) is 7.36. The number of allylic oxidation sites excluding steroid dienone is 2. The van der Waals surface area contributed by atoms with E-state index in [1.54, 1.807) is 6.08 Å². The van der Waals surface area contributed by atoms with Crippen molar-refractivity contribution in [2.45, 2.75) is 19.8 Å². The van der Waals surface area contributed by atoms with E-state index in [-0.39, 0.29) is 12.0 Å². The first kappa shape index (κ1) is 11.4. The van der Waals surface area contributed by atoms with Crippen molar-refractivity contribution in [2.24, 2.45) is 0 Å². The van der Waals surface area contributed by atoms with Crippen LogP contribution in [-0.2, 0) is 9.59 Å². The minimum absolute atomic E-state index is 0.0278. The summed E-state index contributed by atoms with van der Waals surface area (Å²) >= 11 is 0. The SMILES string of the molecule is CC(=CCC=CCC(=O)O)C(=O)O. The molecule has 0 saturated heterocycles. The van der Waals surface area contributed by atoms with E-state index in [2.05, 4.69) is 0 Å². The van der Waals surface area contributed by atoms with E-state index < -0.39 is 11.9 Å². The Labute approximate surface area is 76.2 Å². The van der Waals surface area contributed by atoms with Gasteiger partial charge in [-0.3, -0.25) is 4.79 Å². The normalized spacial score (nSPS) is 11.9. The first-order valence-corrected chi connectivity index (χ1v) is 3.81. The van der Waals surface area contributed by atoms with E-state index in [1.165, 1.54) is 19.1 Å². The van der Waals surface area contributed by atoms with Gasteiger partial charge in [-0.05, 0) is 13.3 Å². The Bertz CT molecular complexity index is 250. The van der Waals surface area contributed by atoms with Gasteiger partial charge in [0.25, 0.3) is 0 Å². The lowest BCUT2D eigenvalue weighted by atomic mass is 10.2. The lowest BCUT2D eigenvalue weighted by Crippen LogP contribution is -1.95. The van der Waals surface area contributed by atoms with E-state index >= 15 is 0 Å². The highest BCUT2D eigenvalue weighted by molar-refractivity contribution is 5.85. The molecule has 2 N–H and O–H groups in total. The molecule has 0 radical (unpaired) electrons. The fraction of sp³-hybridized carbons (Fsp3) is 0.333. The average Bonchev–Trinajstić information content (AvgIpc) is 2.02. The van der Waals surface area contributed by atoms with E-state index in [1.807, 2.05) is 0 Å². The summed E-state index contributed by atoms with van der Waals surface area (Å²) in [6.45, 7) is 1.49. The fourth-order valence-corrected chi connectivity index (χ4v) is 0.613. The van der Waals surface area contributed by atoms with Crippen molar-refractivity contribution in [1.82, 2.24) is 0 Å². The first-order chi connectivity index (χ1) is 6.04. The second-order valence-electron chi connectivity index (χ2n) is 2.50. The van der Waals surface area contributed by atoms with E-state index in [9.17, 15) is 9.59 Å². The molecule has 0 aromatic heterocycles. The maximum atomic E-state index is 10.3. The monoisotopic (exact) mass is 184 g/mol. The predicted octanol–water partition coefficient (Wildman–Crippen LogP) is 1.44. The summed E-state index contributed by atoms with van der Waals surface area (Å²) in [5, 5.41) is 16.7. The van der Waals surface area contributed by atoms with Crippen molar-refractivity contribution in [3.05, 3.63) is 23.8 Å². The molecule has 0 aliphatic carbocycles. The van der Waals surface area contributed by atoms with Gasteiger partial charge in [0.15, 0.2) is 0 Å². The Morgan fingerprint density at radius 2 is 1.85 bits per heavy atom. The molecular weight excluding hydrogens is 172 g/mol. The zero-order chi connectivity index (χ0) is 10.3. The van der Waals surface area contributed by atoms with Gasteiger partial charge in [0.05, 0.1) is 6.42 Å². The summed E-state index contributed by atoms with van der Waals surface area (Å²) < 4.78 is 0. The van der Waals surface area contributed by atoms with Crippen molar-refractivity contribution < 1.29 is 19.8 Å². The number of carboxylic acids is 2. The molecule has 0 atom stereocenters. The third-order valence-corrected chi connectivity index (χ3v) is 1.36. The van der Waals surface area contributed by atoms with Crippen molar-refractivity contribution in [2.75, 3.05) is 0 Å². The summed E-state index contributed by atoms with van der Waals surface area (Å²) in [6.07, 6.45) is 5.07. The quantitative estimate of drug-likeness (QED) is 0.500. The van der Waals surface area contributed by atoms with Crippen LogP contribution in [0.25, 0.3) is 0 Å². The number of rotatable bonds is 5. The molecule has 0 bridgehead atoms. The molecule has 72 valence electrons. The lowest BCUT2D eigenvalue weighted by molar-refractivity contribution is -0.136. The summed E-state index contributed by atoms with van der Waals surface area (Å²) in [5.41, 5.74) is 0.264. The second kappa shape index (κ2) is 5.99. The number of carbonyl (C=O) groups is 2. The molecule has 0 aliphatic rings. The number of aliphatic carboxylic acids is 2. The number of carboxylic acid groups (broad SMARTS) is 2. The predicted molar refractivity (Wildman–Crippen MR) is 47.4 cm³/mol. The van der Waals surface area contributed by atoms with E-state index in [0.717, 1.165) is 0 Å². The molecule has 0 aromatic rings. The minimum atomic E-state index is -0.952. The van der Waals surface area contributed by atoms with Crippen molar-refractivity contribution in [1.29, 1.82) is 0 Å². The molecular formula is C9H12O4. The maximum absolute atomic E-state index is 10.3. The van der Waals surface area contributed by atoms with Gasteiger partial charge >= 0.3 is 11.9 Å². The van der Waals surface area contributed by atoms with Gasteiger partial charge in [-0.15, -0.1) is 0 Å². The molecule has 0 aromatic carbocycles. The Kier molecular flexibility index (Phi) is 5.27. The highest BCUT2D eigenvalue weighted by atomic mass is 16.4. The van der Waals surface area contributed by atoms with Crippen LogP contribution in [0.3, 0.4) is 0 Å². The molecule has 0 saturated carbocycles. The third-order valence-electron chi connectivity index (χ3n) is 1.36. The van der Waals surface area contributed by atoms with Gasteiger partial charge in [-0.25, -0.2) is 4.79 Å². The average molecular weight is 184 g/mol. The summed E-state index contributed by atoms with van der Waals surface area (Å²) in [6, 6.07) is 0. The Morgan fingerprint density at radius 1 is 1.23 bits per heavy atom. The van der Waals surface area contributed by atoms with Gasteiger partial charge in [0.1, 0.15) is 0 Å². The van der Waals surface area contributed by atoms with Gasteiger partial charge in [0.2, 0.25) is 0 Å². The van der Waals surface area contributed by atoms with Crippen LogP contribution in [0, 0.1) is 0 Å². The van der Waals surface area contributed by atoms with E-state index in [0.29, 0.717) is 6.42 Å². The van der Waals surface area contributed by atoms with Gasteiger partial charge in [-0.2, -0.15) is 0 Å². The van der Waals surface area contributed by atoms with Crippen LogP contribution < -0.4 is 0 Å². The van der Waals surface area contributed by atoms with Gasteiger partial charge in [-0.1, -0.05) is 18.2 Å². The molecule has 0 unspecified atom stereocenters. The Morgan fingerprint density at radius 3 is 2.31 bits per heavy atom. The summed E-state index contributed by atoms with van der Waals surface area (Å²) in [5.74, 6) is -1.85. The topological polar surface area (TPSA) is 74.6 Å². The van der Waals surface area contributed by atoms with Crippen LogP contribution in [0.4, 0.5) is 0 Å². The number of hydrogen-bond acceptors (Lipinski definition) is 2. The molecule has 4 heteroatoms. The summed E-state index contributed by atoms with van der Waals surface area (Å²) in [7, 11) is 0. The third kappa shape index (κ3) is 6.80. The van der Waals surface area contributed by atoms with Crippen LogP contribution in [0.2, 0.25) is 0 Å². The maximum Gasteiger partial charge on any atom is 0.330 e. The lowest BCUT2D eigenvalue weighted by Gasteiger charge is -1.89. The Balaban J connectivity index is 3.78. The molecule has 0 spiro atoms. The van der Waals surface area contributed by atoms with Gasteiger partial charge in [0, 0.05) is 5.57 Å². The van der Waals surface area contributed by atoms with Gasteiger partial charge < -0.3 is 10.2 Å². The molecule has 0 fully saturated rings. The molecule has 13 heavy (non-hydrogen) atoms. The molecule has 0 aliphatic heterocycles. The van der Waals surface area contributed by atoms with Crippen LogP contribution in [0.15, 0.2) is 23.8 Å². The molecule has 0 heterocycles. The van der Waals surface area contributed by atoms with Crippen molar-refractivity contribution in [3.63, 3.8) is 0 Å². The standard InChI is InChI=1S/C9H12O4/c1-7(9(12)13)5-3-2-4-6-8(10)11/h2,4-5H,3,6H2,1H3,(H,10,11)(H,12,13). The highest BCUT2D eigenvalue weighted by Crippen LogP contribution is 1.96. The Hall–Kier alpha value is -1.58. The smallest absolute Gasteiger partial charge is 0.330 e. The summed E-state index contributed by atoms with van der Waals surface area (Å²) in [4.78, 5) is 20.3. The van der Waals surface area contributed by atoms with Crippen LogP contribution in [-0.4, -0.2) is 22.2 Å². The van der Waals surface area contributed by atoms with Crippen LogP contribution in [0.5, 0.6) is 0 Å².